The van der Waals surface area contributed by atoms with E-state index in [2.05, 4.69) is 17.2 Å². The highest BCUT2D eigenvalue weighted by Crippen LogP contribution is 2.12. The number of nitrogens with zero attached hydrogens (tertiary/aromatic N) is 1. The zero-order chi connectivity index (χ0) is 10.9. The van der Waals surface area contributed by atoms with E-state index in [0.717, 1.165) is 24.5 Å². The van der Waals surface area contributed by atoms with Crippen molar-refractivity contribution in [3.63, 3.8) is 0 Å². The first-order valence-electron chi connectivity index (χ1n) is 5.59. The quantitative estimate of drug-likeness (QED) is 0.697. The van der Waals surface area contributed by atoms with Crippen LogP contribution in [0.4, 0.5) is 0 Å². The summed E-state index contributed by atoms with van der Waals surface area (Å²) < 4.78 is 5.59. The first-order chi connectivity index (χ1) is 7.34. The summed E-state index contributed by atoms with van der Waals surface area (Å²) in [6.45, 7) is 6.83. The summed E-state index contributed by atoms with van der Waals surface area (Å²) in [5.41, 5.74) is 0.950. The monoisotopic (exact) mass is 208 g/mol. The van der Waals surface area contributed by atoms with E-state index >= 15 is 0 Å². The van der Waals surface area contributed by atoms with Gasteiger partial charge in [0.15, 0.2) is 0 Å². The fraction of sp³-hybridized carbons (Fsp3) is 0.583. The largest absolute Gasteiger partial charge is 0.490 e. The fourth-order valence-corrected chi connectivity index (χ4v) is 1.28. The van der Waals surface area contributed by atoms with Gasteiger partial charge in [-0.25, -0.2) is 0 Å². The van der Waals surface area contributed by atoms with Crippen LogP contribution in [0.2, 0.25) is 0 Å². The summed E-state index contributed by atoms with van der Waals surface area (Å²) in [5.74, 6) is 0.884. The van der Waals surface area contributed by atoms with Crippen molar-refractivity contribution in [1.82, 2.24) is 10.3 Å². The van der Waals surface area contributed by atoms with Gasteiger partial charge in [0, 0.05) is 12.7 Å². The third kappa shape index (κ3) is 4.79. The molecule has 0 aliphatic heterocycles. The summed E-state index contributed by atoms with van der Waals surface area (Å²) in [7, 11) is 0. The molecule has 0 atom stereocenters. The SMILES string of the molecule is CCCCNCCOc1cccnc1C. The van der Waals surface area contributed by atoms with E-state index in [-0.39, 0.29) is 0 Å². The summed E-state index contributed by atoms with van der Waals surface area (Å²) in [6.07, 6.45) is 4.24. The lowest BCUT2D eigenvalue weighted by Crippen LogP contribution is -2.22. The van der Waals surface area contributed by atoms with Gasteiger partial charge in [0.05, 0.1) is 5.69 Å². The van der Waals surface area contributed by atoms with Gasteiger partial charge in [0.2, 0.25) is 0 Å². The van der Waals surface area contributed by atoms with Crippen LogP contribution in [0.5, 0.6) is 5.75 Å². The van der Waals surface area contributed by atoms with E-state index in [1.54, 1.807) is 6.20 Å². The topological polar surface area (TPSA) is 34.1 Å². The van der Waals surface area contributed by atoms with Gasteiger partial charge >= 0.3 is 0 Å². The van der Waals surface area contributed by atoms with Gasteiger partial charge in [-0.05, 0) is 32.0 Å². The number of aryl methyl sites for hydroxylation is 1. The average Bonchev–Trinajstić information content (AvgIpc) is 2.25. The molecule has 0 aliphatic carbocycles. The summed E-state index contributed by atoms with van der Waals surface area (Å²) >= 11 is 0. The zero-order valence-electron chi connectivity index (χ0n) is 9.62. The Morgan fingerprint density at radius 1 is 1.40 bits per heavy atom. The highest BCUT2D eigenvalue weighted by Gasteiger charge is 1.97. The van der Waals surface area contributed by atoms with Crippen molar-refractivity contribution in [2.75, 3.05) is 19.7 Å². The van der Waals surface area contributed by atoms with Gasteiger partial charge in [0.1, 0.15) is 12.4 Å². The molecule has 1 heterocycles. The number of nitrogens with one attached hydrogen (secondary N) is 1. The second-order valence-corrected chi connectivity index (χ2v) is 3.54. The number of unbranched alkanes of at least 4 members (excludes halogenated alkanes) is 1. The maximum Gasteiger partial charge on any atom is 0.140 e. The van der Waals surface area contributed by atoms with Gasteiger partial charge in [-0.2, -0.15) is 0 Å². The molecule has 0 radical (unpaired) electrons. The molecule has 1 N–H and O–H groups in total. The molecule has 1 aromatic heterocycles. The highest BCUT2D eigenvalue weighted by atomic mass is 16.5. The van der Waals surface area contributed by atoms with E-state index in [0.29, 0.717) is 6.61 Å². The molecular weight excluding hydrogens is 188 g/mol. The van der Waals surface area contributed by atoms with Crippen LogP contribution < -0.4 is 10.1 Å². The number of aromatic nitrogens is 1. The average molecular weight is 208 g/mol. The van der Waals surface area contributed by atoms with Gasteiger partial charge in [0.25, 0.3) is 0 Å². The Bertz CT molecular complexity index is 276. The fourth-order valence-electron chi connectivity index (χ4n) is 1.28. The van der Waals surface area contributed by atoms with Gasteiger partial charge < -0.3 is 10.1 Å². The Balaban J connectivity index is 2.12. The Hall–Kier alpha value is -1.09. The van der Waals surface area contributed by atoms with E-state index < -0.39 is 0 Å². The third-order valence-corrected chi connectivity index (χ3v) is 2.20. The third-order valence-electron chi connectivity index (χ3n) is 2.20. The van der Waals surface area contributed by atoms with Crippen LogP contribution in [0, 0.1) is 6.92 Å². The molecule has 0 saturated heterocycles. The van der Waals surface area contributed by atoms with E-state index in [4.69, 9.17) is 4.74 Å². The molecule has 0 amide bonds. The van der Waals surface area contributed by atoms with E-state index in [1.807, 2.05) is 19.1 Å². The molecule has 0 saturated carbocycles. The first-order valence-corrected chi connectivity index (χ1v) is 5.59. The molecule has 15 heavy (non-hydrogen) atoms. The minimum absolute atomic E-state index is 0.705. The minimum atomic E-state index is 0.705. The summed E-state index contributed by atoms with van der Waals surface area (Å²) in [6, 6.07) is 3.85. The van der Waals surface area contributed by atoms with Crippen LogP contribution >= 0.6 is 0 Å². The molecule has 0 unspecified atom stereocenters. The van der Waals surface area contributed by atoms with Crippen molar-refractivity contribution in [3.05, 3.63) is 24.0 Å². The molecular formula is C12H20N2O. The Kier molecular flexibility index (Phi) is 5.78. The van der Waals surface area contributed by atoms with Crippen molar-refractivity contribution in [1.29, 1.82) is 0 Å². The molecule has 0 aromatic carbocycles. The molecule has 3 heteroatoms. The van der Waals surface area contributed by atoms with Crippen LogP contribution in [0.3, 0.4) is 0 Å². The number of ether oxygens (including phenoxy) is 1. The molecule has 84 valence electrons. The summed E-state index contributed by atoms with van der Waals surface area (Å²) in [4.78, 5) is 4.16. The van der Waals surface area contributed by atoms with Crippen molar-refractivity contribution in [3.8, 4) is 5.75 Å². The van der Waals surface area contributed by atoms with E-state index in [1.165, 1.54) is 12.8 Å². The number of hydrogen-bond donors (Lipinski definition) is 1. The molecule has 3 nitrogen and oxygen atoms in total. The maximum atomic E-state index is 5.59. The Morgan fingerprint density at radius 3 is 3.00 bits per heavy atom. The van der Waals surface area contributed by atoms with Gasteiger partial charge in [-0.1, -0.05) is 13.3 Å². The molecule has 1 rings (SSSR count). The maximum absolute atomic E-state index is 5.59. The molecule has 1 aromatic rings. The molecule has 0 fully saturated rings. The predicted octanol–water partition coefficient (Wildman–Crippen LogP) is 2.16. The van der Waals surface area contributed by atoms with Crippen LogP contribution in [0.25, 0.3) is 0 Å². The Morgan fingerprint density at radius 2 is 2.27 bits per heavy atom. The first kappa shape index (κ1) is 12.0. The molecule has 0 spiro atoms. The smallest absolute Gasteiger partial charge is 0.140 e. The lowest BCUT2D eigenvalue weighted by atomic mass is 10.3. The lowest BCUT2D eigenvalue weighted by Gasteiger charge is -2.08. The number of rotatable bonds is 7. The highest BCUT2D eigenvalue weighted by molar-refractivity contribution is 5.25. The molecule has 0 aliphatic rings. The Labute approximate surface area is 91.9 Å². The second-order valence-electron chi connectivity index (χ2n) is 3.54. The predicted molar refractivity (Wildman–Crippen MR) is 62.2 cm³/mol. The summed E-state index contributed by atoms with van der Waals surface area (Å²) in [5, 5.41) is 3.33. The number of pyridine rings is 1. The van der Waals surface area contributed by atoms with Crippen molar-refractivity contribution < 1.29 is 4.74 Å². The standard InChI is InChI=1S/C12H20N2O/c1-3-4-7-13-9-10-15-12-6-5-8-14-11(12)2/h5-6,8,13H,3-4,7,9-10H2,1-2H3. The zero-order valence-corrected chi connectivity index (χ0v) is 9.62. The van der Waals surface area contributed by atoms with Gasteiger partial charge in [-0.3, -0.25) is 4.98 Å². The van der Waals surface area contributed by atoms with Crippen LogP contribution in [0.1, 0.15) is 25.5 Å². The van der Waals surface area contributed by atoms with Crippen LogP contribution in [-0.2, 0) is 0 Å². The minimum Gasteiger partial charge on any atom is -0.490 e. The van der Waals surface area contributed by atoms with Gasteiger partial charge in [-0.15, -0.1) is 0 Å². The van der Waals surface area contributed by atoms with Crippen molar-refractivity contribution >= 4 is 0 Å². The van der Waals surface area contributed by atoms with Crippen molar-refractivity contribution in [2.24, 2.45) is 0 Å². The van der Waals surface area contributed by atoms with Crippen molar-refractivity contribution in [2.45, 2.75) is 26.7 Å². The van der Waals surface area contributed by atoms with E-state index in [9.17, 15) is 0 Å². The second kappa shape index (κ2) is 7.23. The van der Waals surface area contributed by atoms with Crippen LogP contribution in [0.15, 0.2) is 18.3 Å². The van der Waals surface area contributed by atoms with Crippen LogP contribution in [-0.4, -0.2) is 24.7 Å². The number of hydrogen-bond acceptors (Lipinski definition) is 3. The lowest BCUT2D eigenvalue weighted by molar-refractivity contribution is 0.310. The molecule has 0 bridgehead atoms. The normalized spacial score (nSPS) is 10.3.